The molecule has 0 aromatic carbocycles. The summed E-state index contributed by atoms with van der Waals surface area (Å²) in [7, 11) is 0. The van der Waals surface area contributed by atoms with Gasteiger partial charge in [0.25, 0.3) is 0 Å². The van der Waals surface area contributed by atoms with Crippen molar-refractivity contribution in [1.29, 1.82) is 0 Å². The zero-order valence-corrected chi connectivity index (χ0v) is 28.5. The van der Waals surface area contributed by atoms with Crippen molar-refractivity contribution in [3.63, 3.8) is 0 Å². The number of carbonyl (C=O) groups excluding carboxylic acids is 1. The van der Waals surface area contributed by atoms with Crippen LogP contribution in [0.15, 0.2) is 0 Å². The van der Waals surface area contributed by atoms with Gasteiger partial charge in [-0.1, -0.05) is 168 Å². The lowest BCUT2D eigenvalue weighted by atomic mass is 10.0. The average molecular weight is 581 g/mol. The van der Waals surface area contributed by atoms with Gasteiger partial charge < -0.3 is 15.4 Å². The van der Waals surface area contributed by atoms with E-state index in [9.17, 15) is 4.79 Å². The SMILES string of the molecule is CCCCCCCCCCCCCCCCCC(=O)NC(C)CNCCCOCCCCCCCCCCCCC. The number of ether oxygens (including phenoxy) is 1. The molecule has 0 bridgehead atoms. The molecule has 0 aromatic rings. The maximum Gasteiger partial charge on any atom is 0.220 e. The van der Waals surface area contributed by atoms with E-state index in [4.69, 9.17) is 4.74 Å². The quantitative estimate of drug-likeness (QED) is 0.0733. The van der Waals surface area contributed by atoms with Crippen LogP contribution >= 0.6 is 0 Å². The maximum atomic E-state index is 12.2. The van der Waals surface area contributed by atoms with Gasteiger partial charge in [0.1, 0.15) is 0 Å². The highest BCUT2D eigenvalue weighted by molar-refractivity contribution is 5.76. The third kappa shape index (κ3) is 35.5. The standard InChI is InChI=1S/C37H76N2O2/c1-4-6-8-10-12-14-16-17-18-19-20-22-24-26-28-31-37(40)39-36(3)35-38-32-30-34-41-33-29-27-25-23-21-15-13-11-9-7-5-2/h36,38H,4-35H2,1-3H3,(H,39,40). The Labute approximate surface area is 258 Å². The summed E-state index contributed by atoms with van der Waals surface area (Å²) in [4.78, 5) is 12.2. The van der Waals surface area contributed by atoms with Gasteiger partial charge in [0.05, 0.1) is 0 Å². The molecule has 0 saturated heterocycles. The largest absolute Gasteiger partial charge is 0.381 e. The minimum atomic E-state index is 0.191. The van der Waals surface area contributed by atoms with Crippen LogP contribution in [0.1, 0.15) is 201 Å². The molecule has 0 spiro atoms. The zero-order chi connectivity index (χ0) is 29.9. The van der Waals surface area contributed by atoms with E-state index in [1.807, 2.05) is 0 Å². The van der Waals surface area contributed by atoms with Gasteiger partial charge in [0.2, 0.25) is 5.91 Å². The number of hydrogen-bond acceptors (Lipinski definition) is 3. The van der Waals surface area contributed by atoms with E-state index >= 15 is 0 Å². The Morgan fingerprint density at radius 1 is 0.512 bits per heavy atom. The minimum Gasteiger partial charge on any atom is -0.381 e. The van der Waals surface area contributed by atoms with E-state index in [0.29, 0.717) is 6.42 Å². The molecule has 0 heterocycles. The van der Waals surface area contributed by atoms with Gasteiger partial charge in [-0.25, -0.2) is 0 Å². The topological polar surface area (TPSA) is 50.4 Å². The molecule has 0 aliphatic carbocycles. The number of carbonyl (C=O) groups is 1. The van der Waals surface area contributed by atoms with Crippen molar-refractivity contribution in [1.82, 2.24) is 10.6 Å². The third-order valence-electron chi connectivity index (χ3n) is 8.40. The molecular weight excluding hydrogens is 504 g/mol. The fourth-order valence-electron chi connectivity index (χ4n) is 5.64. The van der Waals surface area contributed by atoms with E-state index < -0.39 is 0 Å². The van der Waals surface area contributed by atoms with E-state index in [2.05, 4.69) is 31.4 Å². The Hall–Kier alpha value is -0.610. The Morgan fingerprint density at radius 2 is 0.878 bits per heavy atom. The van der Waals surface area contributed by atoms with Gasteiger partial charge in [-0.05, 0) is 32.7 Å². The molecule has 4 heteroatoms. The van der Waals surface area contributed by atoms with Crippen LogP contribution in [-0.2, 0) is 9.53 Å². The van der Waals surface area contributed by atoms with Crippen molar-refractivity contribution in [2.24, 2.45) is 0 Å². The minimum absolute atomic E-state index is 0.191. The molecule has 0 saturated carbocycles. The predicted molar refractivity (Wildman–Crippen MR) is 182 cm³/mol. The lowest BCUT2D eigenvalue weighted by Crippen LogP contribution is -2.40. The van der Waals surface area contributed by atoms with Crippen LogP contribution in [0.2, 0.25) is 0 Å². The molecule has 0 fully saturated rings. The fourth-order valence-corrected chi connectivity index (χ4v) is 5.64. The van der Waals surface area contributed by atoms with Gasteiger partial charge in [-0.2, -0.15) is 0 Å². The molecule has 4 nitrogen and oxygen atoms in total. The van der Waals surface area contributed by atoms with Crippen LogP contribution in [0.4, 0.5) is 0 Å². The maximum absolute atomic E-state index is 12.2. The zero-order valence-electron chi connectivity index (χ0n) is 28.5. The number of amides is 1. The van der Waals surface area contributed by atoms with Crippen molar-refractivity contribution in [3.8, 4) is 0 Å². The molecule has 1 atom stereocenters. The van der Waals surface area contributed by atoms with Crippen LogP contribution in [0, 0.1) is 0 Å². The summed E-state index contributed by atoms with van der Waals surface area (Å²) in [6.07, 6.45) is 37.3. The summed E-state index contributed by atoms with van der Waals surface area (Å²) in [6, 6.07) is 0.191. The first-order chi connectivity index (χ1) is 20.2. The molecule has 0 aromatic heterocycles. The summed E-state index contributed by atoms with van der Waals surface area (Å²) in [6.45, 7) is 10.2. The second kappa shape index (κ2) is 35.6. The first-order valence-corrected chi connectivity index (χ1v) is 18.8. The lowest BCUT2D eigenvalue weighted by molar-refractivity contribution is -0.121. The van der Waals surface area contributed by atoms with Gasteiger partial charge >= 0.3 is 0 Å². The molecule has 0 aliphatic rings. The van der Waals surface area contributed by atoms with E-state index in [0.717, 1.165) is 39.1 Å². The number of rotatable bonds is 35. The highest BCUT2D eigenvalue weighted by Crippen LogP contribution is 2.14. The molecule has 1 unspecified atom stereocenters. The summed E-state index contributed by atoms with van der Waals surface area (Å²) < 4.78 is 5.80. The third-order valence-corrected chi connectivity index (χ3v) is 8.40. The molecule has 0 rings (SSSR count). The molecule has 246 valence electrons. The predicted octanol–water partition coefficient (Wildman–Crippen LogP) is 11.1. The highest BCUT2D eigenvalue weighted by Gasteiger charge is 2.06. The Bertz CT molecular complexity index is 499. The van der Waals surface area contributed by atoms with Gasteiger partial charge in [0, 0.05) is 32.2 Å². The van der Waals surface area contributed by atoms with E-state index in [1.165, 1.54) is 161 Å². The number of hydrogen-bond donors (Lipinski definition) is 2. The fraction of sp³-hybridized carbons (Fsp3) is 0.973. The number of unbranched alkanes of at least 4 members (excludes halogenated alkanes) is 24. The van der Waals surface area contributed by atoms with Crippen molar-refractivity contribution in [2.75, 3.05) is 26.3 Å². The second-order valence-corrected chi connectivity index (χ2v) is 12.9. The van der Waals surface area contributed by atoms with Gasteiger partial charge in [-0.15, -0.1) is 0 Å². The van der Waals surface area contributed by atoms with E-state index in [-0.39, 0.29) is 11.9 Å². The molecule has 2 N–H and O–H groups in total. The van der Waals surface area contributed by atoms with Crippen LogP contribution in [-0.4, -0.2) is 38.3 Å². The average Bonchev–Trinajstić information content (AvgIpc) is 2.96. The smallest absolute Gasteiger partial charge is 0.220 e. The van der Waals surface area contributed by atoms with Crippen LogP contribution in [0.5, 0.6) is 0 Å². The second-order valence-electron chi connectivity index (χ2n) is 12.9. The number of nitrogens with one attached hydrogen (secondary N) is 2. The highest BCUT2D eigenvalue weighted by atomic mass is 16.5. The summed E-state index contributed by atoms with van der Waals surface area (Å²) in [5.41, 5.74) is 0. The molecule has 0 aliphatic heterocycles. The normalized spacial score (nSPS) is 12.2. The van der Waals surface area contributed by atoms with Gasteiger partial charge in [0.15, 0.2) is 0 Å². The Balaban J connectivity index is 3.26. The van der Waals surface area contributed by atoms with E-state index in [1.54, 1.807) is 0 Å². The van der Waals surface area contributed by atoms with Crippen molar-refractivity contribution >= 4 is 5.91 Å². The molecule has 1 amide bonds. The van der Waals surface area contributed by atoms with Crippen LogP contribution in [0.3, 0.4) is 0 Å². The first-order valence-electron chi connectivity index (χ1n) is 18.8. The van der Waals surface area contributed by atoms with Gasteiger partial charge in [-0.3, -0.25) is 4.79 Å². The van der Waals surface area contributed by atoms with Crippen molar-refractivity contribution < 1.29 is 9.53 Å². The van der Waals surface area contributed by atoms with Crippen LogP contribution < -0.4 is 10.6 Å². The monoisotopic (exact) mass is 581 g/mol. The van der Waals surface area contributed by atoms with Crippen molar-refractivity contribution in [3.05, 3.63) is 0 Å². The molecular formula is C37H76N2O2. The van der Waals surface area contributed by atoms with Crippen molar-refractivity contribution in [2.45, 2.75) is 207 Å². The first kappa shape index (κ1) is 40.4. The lowest BCUT2D eigenvalue weighted by Gasteiger charge is -2.15. The summed E-state index contributed by atoms with van der Waals surface area (Å²) >= 11 is 0. The Kier molecular flexibility index (Phi) is 35.1. The summed E-state index contributed by atoms with van der Waals surface area (Å²) in [5, 5.41) is 6.62. The van der Waals surface area contributed by atoms with Crippen LogP contribution in [0.25, 0.3) is 0 Å². The Morgan fingerprint density at radius 3 is 1.32 bits per heavy atom. The molecule has 0 radical (unpaired) electrons. The summed E-state index contributed by atoms with van der Waals surface area (Å²) in [5.74, 6) is 0.212. The molecule has 41 heavy (non-hydrogen) atoms.